The minimum Gasteiger partial charge on any atom is -0.355 e. The van der Waals surface area contributed by atoms with Crippen molar-refractivity contribution >= 4 is 17.6 Å². The van der Waals surface area contributed by atoms with Crippen molar-refractivity contribution in [2.45, 2.75) is 19.8 Å². The van der Waals surface area contributed by atoms with Gasteiger partial charge in [0.2, 0.25) is 5.91 Å². The molecule has 114 valence electrons. The summed E-state index contributed by atoms with van der Waals surface area (Å²) in [4.78, 5) is 32.3. The Bertz CT molecular complexity index is 518. The number of rotatable bonds is 4. The average molecular weight is 290 g/mol. The van der Waals surface area contributed by atoms with Gasteiger partial charge in [0.15, 0.2) is 0 Å². The van der Waals surface area contributed by atoms with Crippen LogP contribution in [0.2, 0.25) is 0 Å². The molecule has 0 atom stereocenters. The lowest BCUT2D eigenvalue weighted by atomic mass is 10.2. The number of amides is 2. The van der Waals surface area contributed by atoms with Crippen LogP contribution in [0.25, 0.3) is 0 Å². The smallest absolute Gasteiger partial charge is 0.254 e. The zero-order chi connectivity index (χ0) is 15.2. The molecule has 0 unspecified atom stereocenters. The molecule has 1 N–H and O–H groups in total. The topological polar surface area (TPSA) is 65.5 Å². The molecule has 2 rings (SSSR count). The van der Waals surface area contributed by atoms with E-state index in [1.165, 1.54) is 0 Å². The van der Waals surface area contributed by atoms with Crippen molar-refractivity contribution in [1.82, 2.24) is 15.2 Å². The third kappa shape index (κ3) is 3.51. The van der Waals surface area contributed by atoms with E-state index in [2.05, 4.69) is 17.2 Å². The van der Waals surface area contributed by atoms with Gasteiger partial charge in [0, 0.05) is 32.9 Å². The molecule has 1 saturated heterocycles. The predicted octanol–water partition coefficient (Wildman–Crippen LogP) is 0.890. The Labute approximate surface area is 125 Å². The number of nitrogens with zero attached hydrogens (tertiary/aromatic N) is 3. The molecule has 0 radical (unpaired) electrons. The van der Waals surface area contributed by atoms with E-state index in [1.807, 2.05) is 9.80 Å². The van der Waals surface area contributed by atoms with Crippen LogP contribution in [-0.4, -0.2) is 54.9 Å². The minimum atomic E-state index is -0.180. The van der Waals surface area contributed by atoms with Crippen LogP contribution >= 0.6 is 0 Å². The van der Waals surface area contributed by atoms with Crippen molar-refractivity contribution in [2.24, 2.45) is 0 Å². The Morgan fingerprint density at radius 2 is 2.24 bits per heavy atom. The highest BCUT2D eigenvalue weighted by atomic mass is 16.2. The monoisotopic (exact) mass is 290 g/mol. The molecule has 6 nitrogen and oxygen atoms in total. The van der Waals surface area contributed by atoms with Gasteiger partial charge < -0.3 is 15.1 Å². The maximum Gasteiger partial charge on any atom is 0.254 e. The first kappa shape index (κ1) is 15.3. The highest BCUT2D eigenvalue weighted by molar-refractivity contribution is 5.99. The van der Waals surface area contributed by atoms with E-state index in [4.69, 9.17) is 0 Å². The molecular formula is C15H22N4O2. The molecule has 1 aliphatic rings. The lowest BCUT2D eigenvalue weighted by Crippen LogP contribution is -2.38. The fraction of sp³-hybridized carbons (Fsp3) is 0.533. The van der Waals surface area contributed by atoms with Crippen molar-refractivity contribution in [3.63, 3.8) is 0 Å². The molecule has 0 bridgehead atoms. The molecule has 2 heterocycles. The Morgan fingerprint density at radius 1 is 1.43 bits per heavy atom. The number of nitrogens with one attached hydrogen (secondary N) is 1. The maximum absolute atomic E-state index is 12.3. The van der Waals surface area contributed by atoms with Crippen molar-refractivity contribution in [2.75, 3.05) is 38.1 Å². The summed E-state index contributed by atoms with van der Waals surface area (Å²) in [5.41, 5.74) is 0.511. The lowest BCUT2D eigenvalue weighted by Gasteiger charge is -2.23. The number of anilines is 1. The quantitative estimate of drug-likeness (QED) is 0.894. The summed E-state index contributed by atoms with van der Waals surface area (Å²) in [6.45, 7) is 4.63. The summed E-state index contributed by atoms with van der Waals surface area (Å²) in [6, 6.07) is 3.47. The second-order valence-electron chi connectivity index (χ2n) is 5.11. The van der Waals surface area contributed by atoms with Gasteiger partial charge in [-0.15, -0.1) is 0 Å². The normalized spacial score (nSPS) is 15.8. The van der Waals surface area contributed by atoms with Crippen molar-refractivity contribution in [3.05, 3.63) is 23.9 Å². The van der Waals surface area contributed by atoms with Gasteiger partial charge in [-0.2, -0.15) is 0 Å². The van der Waals surface area contributed by atoms with Crippen molar-refractivity contribution in [1.29, 1.82) is 0 Å². The summed E-state index contributed by atoms with van der Waals surface area (Å²) >= 11 is 0. The highest BCUT2D eigenvalue weighted by Gasteiger charge is 2.24. The van der Waals surface area contributed by atoms with Gasteiger partial charge in [-0.3, -0.25) is 9.59 Å². The van der Waals surface area contributed by atoms with Gasteiger partial charge in [-0.05, 0) is 25.0 Å². The number of carbonyl (C=O) groups is 2. The summed E-state index contributed by atoms with van der Waals surface area (Å²) in [7, 11) is 1.59. The first-order valence-electron chi connectivity index (χ1n) is 7.37. The molecule has 1 aromatic rings. The van der Waals surface area contributed by atoms with Crippen molar-refractivity contribution < 1.29 is 9.59 Å². The van der Waals surface area contributed by atoms with E-state index >= 15 is 0 Å². The largest absolute Gasteiger partial charge is 0.355 e. The minimum absolute atomic E-state index is 0.0999. The van der Waals surface area contributed by atoms with E-state index in [1.54, 1.807) is 25.4 Å². The van der Waals surface area contributed by atoms with Crippen LogP contribution in [0.4, 0.5) is 5.82 Å². The van der Waals surface area contributed by atoms with Crippen LogP contribution in [0.3, 0.4) is 0 Å². The molecule has 1 fully saturated rings. The average Bonchev–Trinajstić information content (AvgIpc) is 2.69. The van der Waals surface area contributed by atoms with Gasteiger partial charge in [0.1, 0.15) is 5.82 Å². The predicted molar refractivity (Wildman–Crippen MR) is 81.3 cm³/mol. The number of hydrogen-bond acceptors (Lipinski definition) is 4. The second-order valence-corrected chi connectivity index (χ2v) is 5.11. The molecular weight excluding hydrogens is 268 g/mol. The molecule has 21 heavy (non-hydrogen) atoms. The van der Waals surface area contributed by atoms with Gasteiger partial charge >= 0.3 is 0 Å². The second kappa shape index (κ2) is 7.06. The fourth-order valence-electron chi connectivity index (χ4n) is 2.57. The van der Waals surface area contributed by atoms with E-state index in [0.29, 0.717) is 11.4 Å². The van der Waals surface area contributed by atoms with Crippen LogP contribution in [0.1, 0.15) is 30.1 Å². The van der Waals surface area contributed by atoms with Gasteiger partial charge in [-0.1, -0.05) is 6.92 Å². The highest BCUT2D eigenvalue weighted by Crippen LogP contribution is 2.19. The van der Waals surface area contributed by atoms with Gasteiger partial charge in [0.05, 0.1) is 12.1 Å². The Balaban J connectivity index is 2.22. The third-order valence-corrected chi connectivity index (χ3v) is 3.59. The number of carbonyl (C=O) groups excluding carboxylic acids is 2. The zero-order valence-electron chi connectivity index (χ0n) is 12.6. The number of hydrogen-bond donors (Lipinski definition) is 1. The van der Waals surface area contributed by atoms with Crippen LogP contribution < -0.4 is 10.2 Å². The summed E-state index contributed by atoms with van der Waals surface area (Å²) in [6.07, 6.45) is 3.50. The van der Waals surface area contributed by atoms with E-state index in [0.717, 1.165) is 32.5 Å². The SMILES string of the molecule is CCCN1CCCN(c2ncccc2C(=O)NC)CC1=O. The molecule has 0 aliphatic carbocycles. The first-order chi connectivity index (χ1) is 10.2. The molecule has 1 aromatic heterocycles. The van der Waals surface area contributed by atoms with Crippen molar-refractivity contribution in [3.8, 4) is 0 Å². The Kier molecular flexibility index (Phi) is 5.14. The molecule has 0 aromatic carbocycles. The van der Waals surface area contributed by atoms with Gasteiger partial charge in [0.25, 0.3) is 5.91 Å². The van der Waals surface area contributed by atoms with Crippen LogP contribution in [-0.2, 0) is 4.79 Å². The van der Waals surface area contributed by atoms with E-state index in [-0.39, 0.29) is 18.4 Å². The zero-order valence-corrected chi connectivity index (χ0v) is 12.6. The molecule has 0 saturated carbocycles. The van der Waals surface area contributed by atoms with Gasteiger partial charge in [-0.25, -0.2) is 4.98 Å². The molecule has 0 spiro atoms. The van der Waals surface area contributed by atoms with Crippen LogP contribution in [0.5, 0.6) is 0 Å². The standard InChI is InChI=1S/C15H22N4O2/c1-3-8-18-9-5-10-19(11-13(18)20)14-12(15(21)16-2)6-4-7-17-14/h4,6-7H,3,5,8-11H2,1-2H3,(H,16,21). The number of pyridine rings is 1. The lowest BCUT2D eigenvalue weighted by molar-refractivity contribution is -0.129. The van der Waals surface area contributed by atoms with E-state index < -0.39 is 0 Å². The first-order valence-corrected chi connectivity index (χ1v) is 7.37. The van der Waals surface area contributed by atoms with E-state index in [9.17, 15) is 9.59 Å². The Hall–Kier alpha value is -2.11. The van der Waals surface area contributed by atoms with Crippen LogP contribution in [0, 0.1) is 0 Å². The maximum atomic E-state index is 12.3. The fourth-order valence-corrected chi connectivity index (χ4v) is 2.57. The molecule has 1 aliphatic heterocycles. The summed E-state index contributed by atoms with van der Waals surface area (Å²) < 4.78 is 0. The molecule has 2 amide bonds. The van der Waals surface area contributed by atoms with Crippen LogP contribution in [0.15, 0.2) is 18.3 Å². The summed E-state index contributed by atoms with van der Waals surface area (Å²) in [5, 5.41) is 2.62. The molecule has 6 heteroatoms. The summed E-state index contributed by atoms with van der Waals surface area (Å²) in [5.74, 6) is 0.506. The Morgan fingerprint density at radius 3 is 2.95 bits per heavy atom. The number of aromatic nitrogens is 1. The third-order valence-electron chi connectivity index (χ3n) is 3.59.